The van der Waals surface area contributed by atoms with Gasteiger partial charge in [-0.3, -0.25) is 9.69 Å². The summed E-state index contributed by atoms with van der Waals surface area (Å²) in [7, 11) is 3.40. The van der Waals surface area contributed by atoms with E-state index in [1.54, 1.807) is 14.2 Å². The van der Waals surface area contributed by atoms with Crippen LogP contribution in [0.3, 0.4) is 0 Å². The predicted octanol–water partition coefficient (Wildman–Crippen LogP) is 4.55. The zero-order chi connectivity index (χ0) is 24.2. The third-order valence-electron chi connectivity index (χ3n) is 7.08. The van der Waals surface area contributed by atoms with E-state index in [0.29, 0.717) is 5.88 Å². The number of nitrogens with one attached hydrogen (secondary N) is 1. The van der Waals surface area contributed by atoms with E-state index < -0.39 is 0 Å². The van der Waals surface area contributed by atoms with Crippen LogP contribution in [0, 0.1) is 13.8 Å². The molecule has 180 valence electrons. The topological polar surface area (TPSA) is 59.4 Å². The lowest BCUT2D eigenvalue weighted by Crippen LogP contribution is -2.46. The number of imidazole rings is 1. The van der Waals surface area contributed by atoms with Crippen LogP contribution in [-0.4, -0.2) is 41.1 Å². The van der Waals surface area contributed by atoms with E-state index in [-0.39, 0.29) is 18.0 Å². The molecule has 0 fully saturated rings. The minimum atomic E-state index is -0.380. The lowest BCUT2D eigenvalue weighted by molar-refractivity contribution is -0.128. The fourth-order valence-corrected chi connectivity index (χ4v) is 5.15. The van der Waals surface area contributed by atoms with Gasteiger partial charge in [0.15, 0.2) is 0 Å². The normalized spacial score (nSPS) is 16.7. The fourth-order valence-electron chi connectivity index (χ4n) is 5.15. The number of hydrogen-bond acceptors (Lipinski definition) is 4. The first-order valence-electron chi connectivity index (χ1n) is 12.2. The van der Waals surface area contributed by atoms with Crippen molar-refractivity contribution >= 4 is 5.91 Å². The third-order valence-corrected chi connectivity index (χ3v) is 7.08. The molecule has 34 heavy (non-hydrogen) atoms. The number of ether oxygens (including phenoxy) is 1. The van der Waals surface area contributed by atoms with Gasteiger partial charge in [-0.05, 0) is 48.9 Å². The van der Waals surface area contributed by atoms with Crippen LogP contribution in [0.1, 0.15) is 59.2 Å². The molecule has 4 rings (SSSR count). The van der Waals surface area contributed by atoms with Gasteiger partial charge in [-0.25, -0.2) is 0 Å². The van der Waals surface area contributed by atoms with E-state index in [0.717, 1.165) is 49.4 Å². The molecule has 6 nitrogen and oxygen atoms in total. The van der Waals surface area contributed by atoms with Crippen molar-refractivity contribution in [2.75, 3.05) is 20.7 Å². The minimum Gasteiger partial charge on any atom is -0.480 e. The van der Waals surface area contributed by atoms with E-state index in [2.05, 4.69) is 53.8 Å². The molecule has 6 heteroatoms. The molecule has 2 unspecified atom stereocenters. The number of carbonyl (C=O) groups excluding carboxylic acids is 1. The molecule has 2 aromatic carbocycles. The van der Waals surface area contributed by atoms with Gasteiger partial charge in [0.1, 0.15) is 11.9 Å². The molecule has 2 atom stereocenters. The van der Waals surface area contributed by atoms with E-state index in [4.69, 9.17) is 9.72 Å². The van der Waals surface area contributed by atoms with Crippen LogP contribution < -0.4 is 10.1 Å². The largest absolute Gasteiger partial charge is 0.480 e. The Balaban J connectivity index is 1.77. The summed E-state index contributed by atoms with van der Waals surface area (Å²) < 4.78 is 8.09. The van der Waals surface area contributed by atoms with Gasteiger partial charge in [0.05, 0.1) is 18.8 Å². The van der Waals surface area contributed by atoms with Crippen LogP contribution in [0.25, 0.3) is 0 Å². The van der Waals surface area contributed by atoms with Crippen LogP contribution >= 0.6 is 0 Å². The molecule has 1 aliphatic rings. The Kier molecular flexibility index (Phi) is 7.37. The average Bonchev–Trinajstić information content (AvgIpc) is 3.24. The smallest absolute Gasteiger partial charge is 0.241 e. The van der Waals surface area contributed by atoms with E-state index in [1.807, 2.05) is 30.3 Å². The molecule has 0 bridgehead atoms. The zero-order valence-corrected chi connectivity index (χ0v) is 21.0. The third kappa shape index (κ3) is 4.60. The van der Waals surface area contributed by atoms with Gasteiger partial charge in [-0.15, -0.1) is 0 Å². The Labute approximate surface area is 203 Å². The summed E-state index contributed by atoms with van der Waals surface area (Å²) >= 11 is 0. The number of hydrogen-bond donors (Lipinski definition) is 1. The maximum atomic E-state index is 13.2. The Morgan fingerprint density at radius 2 is 1.91 bits per heavy atom. The van der Waals surface area contributed by atoms with E-state index in [1.165, 1.54) is 16.7 Å². The lowest BCUT2D eigenvalue weighted by atomic mass is 9.94. The van der Waals surface area contributed by atoms with Crippen molar-refractivity contribution < 1.29 is 9.53 Å². The standard InChI is InChI=1S/C28H36N4O2/c1-6-24-30-28(34-5)26-23(15-14-21-13-12-19(2)20(3)18-21)31(16-17-32(24)26)25(27(33)29-4)22-10-8-7-9-11-22/h7-13,18,23,25H,6,14-17H2,1-5H3,(H,29,33). The summed E-state index contributed by atoms with van der Waals surface area (Å²) in [6.07, 6.45) is 2.62. The quantitative estimate of drug-likeness (QED) is 0.536. The minimum absolute atomic E-state index is 0.000570. The van der Waals surface area contributed by atoms with Gasteiger partial charge < -0.3 is 14.6 Å². The highest BCUT2D eigenvalue weighted by molar-refractivity contribution is 5.83. The molecule has 0 radical (unpaired) electrons. The Bertz CT molecular complexity index is 1140. The van der Waals surface area contributed by atoms with Crippen LogP contribution in [0.2, 0.25) is 0 Å². The second-order valence-corrected chi connectivity index (χ2v) is 9.07. The number of carbonyl (C=O) groups is 1. The first-order chi connectivity index (χ1) is 16.5. The number of rotatable bonds is 8. The van der Waals surface area contributed by atoms with Gasteiger partial charge in [0, 0.05) is 26.6 Å². The van der Waals surface area contributed by atoms with Crippen molar-refractivity contribution in [1.82, 2.24) is 19.8 Å². The highest BCUT2D eigenvalue weighted by atomic mass is 16.5. The first-order valence-corrected chi connectivity index (χ1v) is 12.2. The number of aromatic nitrogens is 2. The number of methoxy groups -OCH3 is 1. The Morgan fingerprint density at radius 3 is 2.56 bits per heavy atom. The summed E-state index contributed by atoms with van der Waals surface area (Å²) in [6.45, 7) is 7.99. The van der Waals surface area contributed by atoms with Crippen LogP contribution in [0.5, 0.6) is 5.88 Å². The summed E-state index contributed by atoms with van der Waals surface area (Å²) in [4.78, 5) is 20.4. The molecule has 2 heterocycles. The second kappa shape index (κ2) is 10.4. The number of aryl methyl sites for hydroxylation is 4. The van der Waals surface area contributed by atoms with Crippen molar-refractivity contribution in [2.45, 2.75) is 58.7 Å². The van der Waals surface area contributed by atoms with Gasteiger partial charge in [0.25, 0.3) is 0 Å². The van der Waals surface area contributed by atoms with Gasteiger partial charge in [-0.2, -0.15) is 4.98 Å². The van der Waals surface area contributed by atoms with Gasteiger partial charge >= 0.3 is 0 Å². The molecule has 1 aliphatic heterocycles. The molecule has 0 saturated carbocycles. The van der Waals surface area contributed by atoms with E-state index in [9.17, 15) is 4.79 Å². The number of amides is 1. The zero-order valence-electron chi connectivity index (χ0n) is 21.0. The van der Waals surface area contributed by atoms with Crippen LogP contribution in [-0.2, 0) is 24.2 Å². The molecule has 1 N–H and O–H groups in total. The average molecular weight is 461 g/mol. The van der Waals surface area contributed by atoms with Gasteiger partial charge in [0.2, 0.25) is 11.8 Å². The van der Waals surface area contributed by atoms with Gasteiger partial charge in [-0.1, -0.05) is 55.5 Å². The maximum Gasteiger partial charge on any atom is 0.241 e. The molecular formula is C28H36N4O2. The van der Waals surface area contributed by atoms with Crippen molar-refractivity contribution in [1.29, 1.82) is 0 Å². The highest BCUT2D eigenvalue weighted by Crippen LogP contribution is 2.41. The molecule has 1 aromatic heterocycles. The summed E-state index contributed by atoms with van der Waals surface area (Å²) in [5, 5.41) is 2.90. The van der Waals surface area contributed by atoms with Crippen LogP contribution in [0.15, 0.2) is 48.5 Å². The molecule has 0 aliphatic carbocycles. The second-order valence-electron chi connectivity index (χ2n) is 9.07. The summed E-state index contributed by atoms with van der Waals surface area (Å²) in [6, 6.07) is 16.4. The number of fused-ring (bicyclic) bond motifs is 1. The fraction of sp³-hybridized carbons (Fsp3) is 0.429. The summed E-state index contributed by atoms with van der Waals surface area (Å²) in [5.41, 5.74) is 6.01. The summed E-state index contributed by atoms with van der Waals surface area (Å²) in [5.74, 6) is 1.72. The maximum absolute atomic E-state index is 13.2. The SMILES string of the molecule is CCc1nc(OC)c2n1CCN(C(C(=O)NC)c1ccccc1)C2CCc1ccc(C)c(C)c1. The number of nitrogens with zero attached hydrogens (tertiary/aromatic N) is 3. The predicted molar refractivity (Wildman–Crippen MR) is 135 cm³/mol. The monoisotopic (exact) mass is 460 g/mol. The van der Waals surface area contributed by atoms with Crippen molar-refractivity contribution in [3.05, 3.63) is 82.3 Å². The van der Waals surface area contributed by atoms with Crippen molar-refractivity contribution in [2.24, 2.45) is 0 Å². The number of benzene rings is 2. The van der Waals surface area contributed by atoms with Crippen molar-refractivity contribution in [3.63, 3.8) is 0 Å². The highest BCUT2D eigenvalue weighted by Gasteiger charge is 2.39. The molecule has 1 amide bonds. The number of likely N-dealkylation sites (N-methyl/N-ethyl adjacent to an activating group) is 1. The van der Waals surface area contributed by atoms with Crippen molar-refractivity contribution in [3.8, 4) is 5.88 Å². The molecule has 3 aromatic rings. The Morgan fingerprint density at radius 1 is 1.15 bits per heavy atom. The molecule has 0 saturated heterocycles. The van der Waals surface area contributed by atoms with E-state index >= 15 is 0 Å². The molecule has 0 spiro atoms. The first kappa shape index (κ1) is 24.0. The van der Waals surface area contributed by atoms with Crippen LogP contribution in [0.4, 0.5) is 0 Å². The lowest BCUT2D eigenvalue weighted by Gasteiger charge is -2.41. The Hall–Kier alpha value is -3.12. The molecular weight excluding hydrogens is 424 g/mol.